The first-order chi connectivity index (χ1) is 14.9. The average Bonchev–Trinajstić information content (AvgIpc) is 3.36. The molecule has 0 unspecified atom stereocenters. The summed E-state index contributed by atoms with van der Waals surface area (Å²) in [7, 11) is 0. The summed E-state index contributed by atoms with van der Waals surface area (Å²) in [6.45, 7) is 4.69. The van der Waals surface area contributed by atoms with Gasteiger partial charge in [0.05, 0.1) is 11.8 Å². The number of aromatic nitrogens is 1. The average molecular weight is 454 g/mol. The number of amides is 1. The van der Waals surface area contributed by atoms with Crippen LogP contribution in [0.2, 0.25) is 5.02 Å². The highest BCUT2D eigenvalue weighted by atomic mass is 35.5. The van der Waals surface area contributed by atoms with Crippen LogP contribution in [0.15, 0.2) is 65.2 Å². The van der Waals surface area contributed by atoms with E-state index < -0.39 is 0 Å². The fraction of sp³-hybridized carbons (Fsp3) is 0.167. The van der Waals surface area contributed by atoms with E-state index >= 15 is 0 Å². The van der Waals surface area contributed by atoms with Gasteiger partial charge in [-0.1, -0.05) is 49.7 Å². The van der Waals surface area contributed by atoms with E-state index in [1.54, 1.807) is 23.6 Å². The molecule has 0 bridgehead atoms. The molecular formula is C24H21ClFN3OS. The summed E-state index contributed by atoms with van der Waals surface area (Å²) in [6, 6.07) is 14.2. The third-order valence-electron chi connectivity index (χ3n) is 5.00. The van der Waals surface area contributed by atoms with Crippen LogP contribution in [0.25, 0.3) is 10.9 Å². The first kappa shape index (κ1) is 21.3. The van der Waals surface area contributed by atoms with Gasteiger partial charge in [-0.15, -0.1) is 11.3 Å². The maximum Gasteiger partial charge on any atom is 0.272 e. The van der Waals surface area contributed by atoms with Gasteiger partial charge in [0.15, 0.2) is 0 Å². The van der Waals surface area contributed by atoms with E-state index in [1.165, 1.54) is 12.1 Å². The van der Waals surface area contributed by atoms with Gasteiger partial charge in [-0.05, 0) is 35.7 Å². The second-order valence-corrected chi connectivity index (χ2v) is 8.91. The first-order valence-electron chi connectivity index (χ1n) is 9.86. The second kappa shape index (κ2) is 9.04. The molecule has 0 aliphatic carbocycles. The van der Waals surface area contributed by atoms with Crippen molar-refractivity contribution in [1.29, 1.82) is 0 Å². The molecule has 0 atom stereocenters. The van der Waals surface area contributed by atoms with Gasteiger partial charge in [-0.25, -0.2) is 9.82 Å². The van der Waals surface area contributed by atoms with Crippen LogP contribution in [0.3, 0.4) is 0 Å². The Morgan fingerprint density at radius 2 is 2.06 bits per heavy atom. The molecule has 0 fully saturated rings. The van der Waals surface area contributed by atoms with Gasteiger partial charge < -0.3 is 4.57 Å². The lowest BCUT2D eigenvalue weighted by Crippen LogP contribution is -2.16. The van der Waals surface area contributed by atoms with Crippen LogP contribution in [-0.4, -0.2) is 16.7 Å². The molecule has 2 aromatic carbocycles. The minimum absolute atomic E-state index is 0.235. The molecule has 158 valence electrons. The zero-order valence-electron chi connectivity index (χ0n) is 17.1. The highest BCUT2D eigenvalue weighted by Crippen LogP contribution is 2.25. The number of carbonyl (C=O) groups excluding carboxylic acids is 1. The van der Waals surface area contributed by atoms with E-state index in [4.69, 9.17) is 11.6 Å². The van der Waals surface area contributed by atoms with Crippen LogP contribution >= 0.6 is 22.9 Å². The normalized spacial score (nSPS) is 11.6. The predicted molar refractivity (Wildman–Crippen MR) is 126 cm³/mol. The minimum atomic E-state index is -0.360. The van der Waals surface area contributed by atoms with Gasteiger partial charge in [-0.3, -0.25) is 4.79 Å². The highest BCUT2D eigenvalue weighted by molar-refractivity contribution is 7.10. The summed E-state index contributed by atoms with van der Waals surface area (Å²) < 4.78 is 15.4. The molecule has 1 N–H and O–H groups in total. The molecule has 0 radical (unpaired) electrons. The molecule has 31 heavy (non-hydrogen) atoms. The molecule has 0 aliphatic heterocycles. The van der Waals surface area contributed by atoms with Crippen molar-refractivity contribution in [2.24, 2.45) is 5.10 Å². The molecule has 0 spiro atoms. The highest BCUT2D eigenvalue weighted by Gasteiger charge is 2.11. The number of hydrogen-bond donors (Lipinski definition) is 1. The molecule has 0 saturated heterocycles. The predicted octanol–water partition coefficient (Wildman–Crippen LogP) is 6.43. The van der Waals surface area contributed by atoms with Gasteiger partial charge in [0.1, 0.15) is 5.82 Å². The van der Waals surface area contributed by atoms with Crippen molar-refractivity contribution in [1.82, 2.24) is 9.99 Å². The van der Waals surface area contributed by atoms with Gasteiger partial charge >= 0.3 is 0 Å². The fourth-order valence-corrected chi connectivity index (χ4v) is 4.47. The number of carbonyl (C=O) groups is 1. The van der Waals surface area contributed by atoms with Crippen LogP contribution in [-0.2, 0) is 6.54 Å². The molecule has 7 heteroatoms. The monoisotopic (exact) mass is 453 g/mol. The van der Waals surface area contributed by atoms with Gasteiger partial charge in [0.2, 0.25) is 0 Å². The Morgan fingerprint density at radius 3 is 2.81 bits per heavy atom. The van der Waals surface area contributed by atoms with E-state index in [0.717, 1.165) is 26.9 Å². The SMILES string of the molecule is CC(C)c1cc(C(=O)N/N=C/c2cn(Cc3ccc(F)cc3Cl)c3ccccc23)cs1. The lowest BCUT2D eigenvalue weighted by Gasteiger charge is -2.07. The maximum absolute atomic E-state index is 13.4. The van der Waals surface area contributed by atoms with E-state index in [-0.39, 0.29) is 11.7 Å². The van der Waals surface area contributed by atoms with Gasteiger partial charge in [-0.2, -0.15) is 5.10 Å². The second-order valence-electron chi connectivity index (χ2n) is 7.56. The third kappa shape index (κ3) is 4.70. The van der Waals surface area contributed by atoms with Gasteiger partial charge in [0, 0.05) is 44.5 Å². The van der Waals surface area contributed by atoms with E-state index in [1.807, 2.05) is 46.5 Å². The lowest BCUT2D eigenvalue weighted by molar-refractivity contribution is 0.0955. The molecule has 0 saturated carbocycles. The number of fused-ring (bicyclic) bond motifs is 1. The number of nitrogens with one attached hydrogen (secondary N) is 1. The zero-order valence-corrected chi connectivity index (χ0v) is 18.7. The smallest absolute Gasteiger partial charge is 0.272 e. The fourth-order valence-electron chi connectivity index (χ4n) is 3.34. The summed E-state index contributed by atoms with van der Waals surface area (Å²) in [4.78, 5) is 13.5. The van der Waals surface area contributed by atoms with Crippen molar-refractivity contribution < 1.29 is 9.18 Å². The van der Waals surface area contributed by atoms with Crippen molar-refractivity contribution in [3.63, 3.8) is 0 Å². The summed E-state index contributed by atoms with van der Waals surface area (Å²) in [5.41, 5.74) is 5.89. The van der Waals surface area contributed by atoms with E-state index in [9.17, 15) is 9.18 Å². The summed E-state index contributed by atoms with van der Waals surface area (Å²) in [5, 5.41) is 7.39. The Morgan fingerprint density at radius 1 is 1.26 bits per heavy atom. The lowest BCUT2D eigenvalue weighted by atomic mass is 10.1. The largest absolute Gasteiger partial charge is 0.342 e. The molecule has 4 rings (SSSR count). The van der Waals surface area contributed by atoms with Crippen molar-refractivity contribution in [3.8, 4) is 0 Å². The number of para-hydroxylation sites is 1. The van der Waals surface area contributed by atoms with Crippen LogP contribution in [0.5, 0.6) is 0 Å². The standard InChI is InChI=1S/C24H21ClFN3OS/c1-15(2)23-9-17(14-31-23)24(30)28-27-11-18-13-29(22-6-4-3-5-20(18)22)12-16-7-8-19(26)10-21(16)25/h3-11,13-15H,12H2,1-2H3,(H,28,30)/b27-11+. The van der Waals surface area contributed by atoms with Crippen molar-refractivity contribution in [3.05, 3.63) is 92.5 Å². The number of hydrazone groups is 1. The number of hydrogen-bond acceptors (Lipinski definition) is 3. The number of thiophene rings is 1. The molecule has 4 nitrogen and oxygen atoms in total. The molecule has 2 aromatic heterocycles. The third-order valence-corrected chi connectivity index (χ3v) is 6.58. The molecule has 4 aromatic rings. The molecule has 1 amide bonds. The number of nitrogens with zero attached hydrogens (tertiary/aromatic N) is 2. The minimum Gasteiger partial charge on any atom is -0.342 e. The first-order valence-corrected chi connectivity index (χ1v) is 11.1. The van der Waals surface area contributed by atoms with E-state index in [2.05, 4.69) is 24.4 Å². The van der Waals surface area contributed by atoms with Crippen LogP contribution in [0, 0.1) is 5.82 Å². The van der Waals surface area contributed by atoms with E-state index in [0.29, 0.717) is 23.0 Å². The number of benzene rings is 2. The number of halogens is 2. The summed E-state index contributed by atoms with van der Waals surface area (Å²) >= 11 is 7.78. The Balaban J connectivity index is 1.55. The Hall–Kier alpha value is -2.96. The van der Waals surface area contributed by atoms with Crippen LogP contribution in [0.1, 0.15) is 46.1 Å². The molecule has 0 aliphatic rings. The van der Waals surface area contributed by atoms with Crippen molar-refractivity contribution in [2.75, 3.05) is 0 Å². The summed E-state index contributed by atoms with van der Waals surface area (Å²) in [5.74, 6) is -0.210. The van der Waals surface area contributed by atoms with Crippen molar-refractivity contribution in [2.45, 2.75) is 26.3 Å². The Bertz CT molecular complexity index is 1280. The van der Waals surface area contributed by atoms with Crippen LogP contribution < -0.4 is 5.43 Å². The maximum atomic E-state index is 13.4. The molecule has 2 heterocycles. The van der Waals surface area contributed by atoms with Gasteiger partial charge in [0.25, 0.3) is 5.91 Å². The molecular weight excluding hydrogens is 433 g/mol. The topological polar surface area (TPSA) is 46.4 Å². The number of rotatable bonds is 6. The zero-order chi connectivity index (χ0) is 22.0. The quantitative estimate of drug-likeness (QED) is 0.265. The van der Waals surface area contributed by atoms with Crippen LogP contribution in [0.4, 0.5) is 4.39 Å². The Kier molecular flexibility index (Phi) is 6.20. The van der Waals surface area contributed by atoms with Crippen molar-refractivity contribution >= 4 is 46.0 Å². The summed E-state index contributed by atoms with van der Waals surface area (Å²) in [6.07, 6.45) is 3.58. The Labute approximate surface area is 189 Å².